The van der Waals surface area contributed by atoms with Crippen molar-refractivity contribution in [3.05, 3.63) is 18.7 Å². The molecule has 21 heavy (non-hydrogen) atoms. The van der Waals surface area contributed by atoms with Gasteiger partial charge in [0.05, 0.1) is 6.33 Å². The number of aromatic nitrogens is 2. The molecule has 1 aromatic heterocycles. The minimum atomic E-state index is -0.751. The molecule has 1 aromatic rings. The van der Waals surface area contributed by atoms with Crippen LogP contribution in [0.3, 0.4) is 0 Å². The Labute approximate surface area is 125 Å². The third-order valence-corrected chi connectivity index (χ3v) is 4.02. The van der Waals surface area contributed by atoms with Crippen molar-refractivity contribution < 1.29 is 9.59 Å². The Kier molecular flexibility index (Phi) is 4.65. The molecular weight excluding hydrogens is 268 g/mol. The van der Waals surface area contributed by atoms with Crippen molar-refractivity contribution in [3.63, 3.8) is 0 Å². The van der Waals surface area contributed by atoms with Gasteiger partial charge in [0.1, 0.15) is 5.54 Å². The van der Waals surface area contributed by atoms with Gasteiger partial charge in [-0.05, 0) is 20.3 Å². The number of carbonyl (C=O) groups is 2. The third-order valence-electron chi connectivity index (χ3n) is 4.02. The molecule has 0 saturated carbocycles. The Bertz CT molecular complexity index is 496. The standard InChI is InChI=1S/C15H24N4O2/c1-4-7-18-10-11-19(15(2,3)14(18)21)13(20)5-8-17-9-6-16-12-17/h6,9,12H,4-5,7-8,10-11H2,1-3H3. The highest BCUT2D eigenvalue weighted by Gasteiger charge is 2.43. The van der Waals surface area contributed by atoms with Crippen LogP contribution in [-0.4, -0.2) is 56.3 Å². The molecule has 0 spiro atoms. The monoisotopic (exact) mass is 292 g/mol. The summed E-state index contributed by atoms with van der Waals surface area (Å²) < 4.78 is 1.88. The predicted molar refractivity (Wildman–Crippen MR) is 79.5 cm³/mol. The quantitative estimate of drug-likeness (QED) is 0.817. The summed E-state index contributed by atoms with van der Waals surface area (Å²) in [5.74, 6) is 0.0739. The van der Waals surface area contributed by atoms with Crippen LogP contribution < -0.4 is 0 Å². The van der Waals surface area contributed by atoms with Crippen molar-refractivity contribution in [2.75, 3.05) is 19.6 Å². The van der Waals surface area contributed by atoms with E-state index in [1.165, 1.54) is 0 Å². The maximum Gasteiger partial charge on any atom is 0.248 e. The first-order valence-corrected chi connectivity index (χ1v) is 7.52. The van der Waals surface area contributed by atoms with Gasteiger partial charge in [0.2, 0.25) is 11.8 Å². The average Bonchev–Trinajstić information content (AvgIpc) is 2.95. The van der Waals surface area contributed by atoms with E-state index in [0.29, 0.717) is 26.1 Å². The van der Waals surface area contributed by atoms with Crippen LogP contribution in [0.2, 0.25) is 0 Å². The number of aryl methyl sites for hydroxylation is 1. The molecule has 116 valence electrons. The number of rotatable bonds is 5. The number of piperazine rings is 1. The smallest absolute Gasteiger partial charge is 0.248 e. The summed E-state index contributed by atoms with van der Waals surface area (Å²) in [6.45, 7) is 8.34. The van der Waals surface area contributed by atoms with Crippen LogP contribution in [-0.2, 0) is 16.1 Å². The van der Waals surface area contributed by atoms with Crippen molar-refractivity contribution in [3.8, 4) is 0 Å². The average molecular weight is 292 g/mol. The first-order chi connectivity index (χ1) is 9.96. The van der Waals surface area contributed by atoms with Crippen molar-refractivity contribution in [1.82, 2.24) is 19.4 Å². The Hall–Kier alpha value is -1.85. The Balaban J connectivity index is 1.99. The highest BCUT2D eigenvalue weighted by Crippen LogP contribution is 2.23. The molecule has 1 fully saturated rings. The summed E-state index contributed by atoms with van der Waals surface area (Å²) in [6.07, 6.45) is 6.56. The Morgan fingerprint density at radius 3 is 2.71 bits per heavy atom. The number of nitrogens with zero attached hydrogens (tertiary/aromatic N) is 4. The van der Waals surface area contributed by atoms with Crippen LogP contribution in [0.1, 0.15) is 33.6 Å². The second-order valence-corrected chi connectivity index (χ2v) is 5.95. The van der Waals surface area contributed by atoms with Crippen LogP contribution in [0.5, 0.6) is 0 Å². The fraction of sp³-hybridized carbons (Fsp3) is 0.667. The molecule has 0 aromatic carbocycles. The van der Waals surface area contributed by atoms with E-state index in [0.717, 1.165) is 13.0 Å². The highest BCUT2D eigenvalue weighted by molar-refractivity contribution is 5.91. The second-order valence-electron chi connectivity index (χ2n) is 5.95. The van der Waals surface area contributed by atoms with E-state index in [9.17, 15) is 9.59 Å². The van der Waals surface area contributed by atoms with Gasteiger partial charge in [0.25, 0.3) is 0 Å². The lowest BCUT2D eigenvalue weighted by Gasteiger charge is -2.46. The predicted octanol–water partition coefficient (Wildman–Crippen LogP) is 1.13. The summed E-state index contributed by atoms with van der Waals surface area (Å²) in [7, 11) is 0. The molecule has 0 bridgehead atoms. The molecule has 2 rings (SSSR count). The zero-order valence-electron chi connectivity index (χ0n) is 13.1. The molecule has 0 N–H and O–H groups in total. The number of carbonyl (C=O) groups excluding carboxylic acids is 2. The molecule has 2 heterocycles. The largest absolute Gasteiger partial charge is 0.339 e. The molecule has 0 unspecified atom stereocenters. The minimum Gasteiger partial charge on any atom is -0.339 e. The van der Waals surface area contributed by atoms with E-state index >= 15 is 0 Å². The first-order valence-electron chi connectivity index (χ1n) is 7.52. The molecular formula is C15H24N4O2. The summed E-state index contributed by atoms with van der Waals surface area (Å²) in [6, 6.07) is 0. The maximum atomic E-state index is 12.5. The van der Waals surface area contributed by atoms with E-state index in [1.54, 1.807) is 17.4 Å². The van der Waals surface area contributed by atoms with Crippen LogP contribution in [0.4, 0.5) is 0 Å². The van der Waals surface area contributed by atoms with E-state index in [2.05, 4.69) is 11.9 Å². The van der Waals surface area contributed by atoms with Crippen molar-refractivity contribution in [2.45, 2.75) is 45.7 Å². The van der Waals surface area contributed by atoms with E-state index in [-0.39, 0.29) is 11.8 Å². The van der Waals surface area contributed by atoms with Gasteiger partial charge in [-0.15, -0.1) is 0 Å². The normalized spacial score (nSPS) is 18.1. The fourth-order valence-electron chi connectivity index (χ4n) is 2.80. The van der Waals surface area contributed by atoms with E-state index in [4.69, 9.17) is 0 Å². The SMILES string of the molecule is CCCN1CCN(C(=O)CCn2ccnc2)C(C)(C)C1=O. The van der Waals surface area contributed by atoms with Crippen molar-refractivity contribution in [2.24, 2.45) is 0 Å². The fourth-order valence-corrected chi connectivity index (χ4v) is 2.80. The van der Waals surface area contributed by atoms with Crippen LogP contribution in [0, 0.1) is 0 Å². The number of imidazole rings is 1. The van der Waals surface area contributed by atoms with Gasteiger partial charge in [-0.25, -0.2) is 4.98 Å². The highest BCUT2D eigenvalue weighted by atomic mass is 16.2. The van der Waals surface area contributed by atoms with Gasteiger partial charge in [-0.3, -0.25) is 9.59 Å². The zero-order valence-corrected chi connectivity index (χ0v) is 13.1. The minimum absolute atomic E-state index is 0.0261. The summed E-state index contributed by atoms with van der Waals surface area (Å²) in [4.78, 5) is 32.5. The molecule has 1 aliphatic rings. The second kappa shape index (κ2) is 6.28. The van der Waals surface area contributed by atoms with Crippen molar-refractivity contribution >= 4 is 11.8 Å². The third kappa shape index (κ3) is 3.25. The molecule has 0 radical (unpaired) electrons. The lowest BCUT2D eigenvalue weighted by Crippen LogP contribution is -2.64. The summed E-state index contributed by atoms with van der Waals surface area (Å²) in [5.41, 5.74) is -0.751. The van der Waals surface area contributed by atoms with Crippen LogP contribution >= 0.6 is 0 Å². The van der Waals surface area contributed by atoms with Gasteiger partial charge in [-0.1, -0.05) is 6.92 Å². The molecule has 1 aliphatic heterocycles. The van der Waals surface area contributed by atoms with E-state index in [1.807, 2.05) is 29.5 Å². The number of amides is 2. The van der Waals surface area contributed by atoms with Gasteiger partial charge in [0.15, 0.2) is 0 Å². The van der Waals surface area contributed by atoms with Gasteiger partial charge < -0.3 is 14.4 Å². The summed E-state index contributed by atoms with van der Waals surface area (Å²) in [5, 5.41) is 0. The number of hydrogen-bond acceptors (Lipinski definition) is 3. The van der Waals surface area contributed by atoms with Gasteiger partial charge in [-0.2, -0.15) is 0 Å². The first kappa shape index (κ1) is 15.5. The lowest BCUT2D eigenvalue weighted by atomic mass is 9.96. The maximum absolute atomic E-state index is 12.5. The zero-order chi connectivity index (χ0) is 15.5. The Morgan fingerprint density at radius 2 is 2.10 bits per heavy atom. The Morgan fingerprint density at radius 1 is 1.33 bits per heavy atom. The van der Waals surface area contributed by atoms with Gasteiger partial charge >= 0.3 is 0 Å². The number of hydrogen-bond donors (Lipinski definition) is 0. The van der Waals surface area contributed by atoms with Crippen molar-refractivity contribution in [1.29, 1.82) is 0 Å². The molecule has 1 saturated heterocycles. The van der Waals surface area contributed by atoms with Gasteiger partial charge in [0, 0.05) is 45.0 Å². The molecule has 0 aliphatic carbocycles. The molecule has 6 heteroatoms. The van der Waals surface area contributed by atoms with E-state index < -0.39 is 5.54 Å². The molecule has 2 amide bonds. The van der Waals surface area contributed by atoms with Crippen LogP contribution in [0.15, 0.2) is 18.7 Å². The lowest BCUT2D eigenvalue weighted by molar-refractivity contribution is -0.158. The summed E-state index contributed by atoms with van der Waals surface area (Å²) >= 11 is 0. The molecule has 0 atom stereocenters. The topological polar surface area (TPSA) is 58.4 Å². The molecule has 6 nitrogen and oxygen atoms in total. The van der Waals surface area contributed by atoms with Crippen LogP contribution in [0.25, 0.3) is 0 Å².